The predicted octanol–water partition coefficient (Wildman–Crippen LogP) is 3.29. The van der Waals surface area contributed by atoms with Gasteiger partial charge < -0.3 is 9.80 Å². The molecular weight excluding hydrogens is 284 g/mol. The van der Waals surface area contributed by atoms with Crippen molar-refractivity contribution in [2.24, 2.45) is 5.92 Å². The van der Waals surface area contributed by atoms with Crippen LogP contribution in [0.4, 0.5) is 5.69 Å². The van der Waals surface area contributed by atoms with E-state index in [1.54, 1.807) is 0 Å². The van der Waals surface area contributed by atoms with Crippen LogP contribution >= 0.6 is 0 Å². The Labute approximate surface area is 138 Å². The highest BCUT2D eigenvalue weighted by Crippen LogP contribution is 2.37. The summed E-state index contributed by atoms with van der Waals surface area (Å²) in [6.45, 7) is 6.19. The molecule has 4 saturated heterocycles. The van der Waals surface area contributed by atoms with Crippen LogP contribution < -0.4 is 4.90 Å². The Bertz CT molecular complexity index is 692. The standard InChI is InChI=1S/C19H26N4/c1-2-8-22(9-3-1)17-4-5-18-16(12-17)13-20-23(18)19-14-21-10-6-15(19)7-11-21/h4-5,12-13,15,19H,1-3,6-11,14H2/t19-/m0/s1. The Morgan fingerprint density at radius 1 is 0.957 bits per heavy atom. The van der Waals surface area contributed by atoms with Crippen LogP contribution in [0.3, 0.4) is 0 Å². The first kappa shape index (κ1) is 13.8. The molecular formula is C19H26N4. The molecule has 1 atom stereocenters. The molecule has 0 N–H and O–H groups in total. The molecule has 4 fully saturated rings. The number of hydrogen-bond acceptors (Lipinski definition) is 3. The second-order valence-electron chi connectivity index (χ2n) is 7.59. The average molecular weight is 310 g/mol. The number of hydrogen-bond donors (Lipinski definition) is 0. The Morgan fingerprint density at radius 2 is 1.78 bits per heavy atom. The third kappa shape index (κ3) is 2.35. The van der Waals surface area contributed by atoms with Crippen LogP contribution in [0, 0.1) is 5.92 Å². The molecule has 1 aromatic heterocycles. The van der Waals surface area contributed by atoms with E-state index in [2.05, 4.69) is 38.9 Å². The second kappa shape index (κ2) is 5.52. The van der Waals surface area contributed by atoms with Gasteiger partial charge in [-0.3, -0.25) is 4.68 Å². The minimum absolute atomic E-state index is 0.579. The average Bonchev–Trinajstić information content (AvgIpc) is 3.06. The molecule has 1 aromatic carbocycles. The van der Waals surface area contributed by atoms with Crippen LogP contribution in [0.5, 0.6) is 0 Å². The lowest BCUT2D eigenvalue weighted by atomic mass is 9.84. The van der Waals surface area contributed by atoms with E-state index in [1.165, 1.54) is 81.4 Å². The molecule has 23 heavy (non-hydrogen) atoms. The Kier molecular flexibility index (Phi) is 3.32. The van der Waals surface area contributed by atoms with Gasteiger partial charge in [-0.25, -0.2) is 0 Å². The molecule has 4 aliphatic heterocycles. The summed E-state index contributed by atoms with van der Waals surface area (Å²) in [6.07, 6.45) is 8.82. The first-order valence-electron chi connectivity index (χ1n) is 9.33. The van der Waals surface area contributed by atoms with Gasteiger partial charge in [0, 0.05) is 30.7 Å². The van der Waals surface area contributed by atoms with Crippen molar-refractivity contribution in [2.75, 3.05) is 37.6 Å². The van der Waals surface area contributed by atoms with E-state index < -0.39 is 0 Å². The fourth-order valence-corrected chi connectivity index (χ4v) is 4.86. The lowest BCUT2D eigenvalue weighted by Gasteiger charge is -2.44. The van der Waals surface area contributed by atoms with Crippen LogP contribution in [0.15, 0.2) is 24.4 Å². The molecule has 2 aromatic rings. The van der Waals surface area contributed by atoms with E-state index in [1.807, 2.05) is 0 Å². The molecule has 4 nitrogen and oxygen atoms in total. The van der Waals surface area contributed by atoms with Gasteiger partial charge in [0.05, 0.1) is 17.8 Å². The molecule has 122 valence electrons. The number of aromatic nitrogens is 2. The van der Waals surface area contributed by atoms with Gasteiger partial charge in [0.15, 0.2) is 0 Å². The topological polar surface area (TPSA) is 24.3 Å². The number of fused-ring (bicyclic) bond motifs is 4. The number of benzene rings is 1. The van der Waals surface area contributed by atoms with Gasteiger partial charge in [-0.05, 0) is 69.3 Å². The van der Waals surface area contributed by atoms with Crippen molar-refractivity contribution in [3.8, 4) is 0 Å². The monoisotopic (exact) mass is 310 g/mol. The quantitative estimate of drug-likeness (QED) is 0.850. The van der Waals surface area contributed by atoms with E-state index in [9.17, 15) is 0 Å². The van der Waals surface area contributed by atoms with E-state index in [4.69, 9.17) is 5.10 Å². The smallest absolute Gasteiger partial charge is 0.0687 e. The summed E-state index contributed by atoms with van der Waals surface area (Å²) < 4.78 is 2.32. The van der Waals surface area contributed by atoms with Crippen molar-refractivity contribution in [1.82, 2.24) is 14.7 Å². The third-order valence-corrected chi connectivity index (χ3v) is 6.24. The highest BCUT2D eigenvalue weighted by atomic mass is 15.3. The minimum Gasteiger partial charge on any atom is -0.372 e. The van der Waals surface area contributed by atoms with Crippen molar-refractivity contribution in [1.29, 1.82) is 0 Å². The fourth-order valence-electron chi connectivity index (χ4n) is 4.86. The summed E-state index contributed by atoms with van der Waals surface area (Å²) in [5, 5.41) is 6.11. The van der Waals surface area contributed by atoms with Gasteiger partial charge in [-0.15, -0.1) is 0 Å². The molecule has 0 amide bonds. The molecule has 0 saturated carbocycles. The summed E-state index contributed by atoms with van der Waals surface area (Å²) in [4.78, 5) is 5.15. The van der Waals surface area contributed by atoms with Crippen molar-refractivity contribution >= 4 is 16.6 Å². The van der Waals surface area contributed by atoms with Crippen molar-refractivity contribution in [2.45, 2.75) is 38.1 Å². The predicted molar refractivity (Wildman–Crippen MR) is 94.0 cm³/mol. The van der Waals surface area contributed by atoms with E-state index >= 15 is 0 Å². The van der Waals surface area contributed by atoms with Crippen LogP contribution in [0.1, 0.15) is 38.1 Å². The number of nitrogens with zero attached hydrogens (tertiary/aromatic N) is 4. The van der Waals surface area contributed by atoms with Crippen molar-refractivity contribution in [3.05, 3.63) is 24.4 Å². The molecule has 4 heteroatoms. The van der Waals surface area contributed by atoms with Crippen LogP contribution in [-0.4, -0.2) is 47.4 Å². The van der Waals surface area contributed by atoms with Crippen LogP contribution in [0.25, 0.3) is 10.9 Å². The number of rotatable bonds is 2. The summed E-state index contributed by atoms with van der Waals surface area (Å²) >= 11 is 0. The van der Waals surface area contributed by atoms with Gasteiger partial charge in [-0.2, -0.15) is 5.10 Å². The summed E-state index contributed by atoms with van der Waals surface area (Å²) in [6, 6.07) is 7.55. The zero-order valence-electron chi connectivity index (χ0n) is 13.8. The lowest BCUT2D eigenvalue weighted by Crippen LogP contribution is -2.48. The third-order valence-electron chi connectivity index (χ3n) is 6.24. The molecule has 4 aliphatic rings. The fraction of sp³-hybridized carbons (Fsp3) is 0.632. The van der Waals surface area contributed by atoms with Gasteiger partial charge in [-0.1, -0.05) is 0 Å². The maximum absolute atomic E-state index is 4.80. The van der Waals surface area contributed by atoms with E-state index in [0.29, 0.717) is 6.04 Å². The van der Waals surface area contributed by atoms with Crippen LogP contribution in [0.2, 0.25) is 0 Å². The summed E-state index contributed by atoms with van der Waals surface area (Å²) in [7, 11) is 0. The SMILES string of the molecule is c1cc2c(cnn2[C@H]2CN3CCC2CC3)cc1N1CCCCC1. The maximum atomic E-state index is 4.80. The van der Waals surface area contributed by atoms with E-state index in [0.717, 1.165) is 5.92 Å². The number of piperidine rings is 4. The molecule has 0 unspecified atom stereocenters. The van der Waals surface area contributed by atoms with Crippen molar-refractivity contribution < 1.29 is 0 Å². The molecule has 0 spiro atoms. The first-order chi connectivity index (χ1) is 11.4. The summed E-state index contributed by atoms with van der Waals surface area (Å²) in [5.41, 5.74) is 2.70. The Morgan fingerprint density at radius 3 is 2.52 bits per heavy atom. The lowest BCUT2D eigenvalue weighted by molar-refractivity contribution is 0.0534. The van der Waals surface area contributed by atoms with E-state index in [-0.39, 0.29) is 0 Å². The zero-order valence-corrected chi connectivity index (χ0v) is 13.8. The number of anilines is 1. The van der Waals surface area contributed by atoms with Gasteiger partial charge in [0.1, 0.15) is 0 Å². The Balaban J connectivity index is 1.47. The summed E-state index contributed by atoms with van der Waals surface area (Å²) in [5.74, 6) is 0.824. The normalized spacial score (nSPS) is 31.0. The molecule has 2 bridgehead atoms. The second-order valence-corrected chi connectivity index (χ2v) is 7.59. The van der Waals surface area contributed by atoms with Gasteiger partial charge >= 0.3 is 0 Å². The van der Waals surface area contributed by atoms with Crippen molar-refractivity contribution in [3.63, 3.8) is 0 Å². The largest absolute Gasteiger partial charge is 0.372 e. The molecule has 0 aliphatic carbocycles. The first-order valence-corrected chi connectivity index (χ1v) is 9.33. The van der Waals surface area contributed by atoms with Crippen LogP contribution in [-0.2, 0) is 0 Å². The highest BCUT2D eigenvalue weighted by molar-refractivity contribution is 5.83. The maximum Gasteiger partial charge on any atom is 0.0687 e. The zero-order chi connectivity index (χ0) is 15.2. The van der Waals surface area contributed by atoms with Gasteiger partial charge in [0.2, 0.25) is 0 Å². The highest BCUT2D eigenvalue weighted by Gasteiger charge is 2.36. The molecule has 6 rings (SSSR count). The Hall–Kier alpha value is -1.55. The molecule has 5 heterocycles. The minimum atomic E-state index is 0.579. The molecule has 0 radical (unpaired) electrons. The van der Waals surface area contributed by atoms with Gasteiger partial charge in [0.25, 0.3) is 0 Å².